The summed E-state index contributed by atoms with van der Waals surface area (Å²) in [5.74, 6) is 0.898. The molecule has 114 valence electrons. The van der Waals surface area contributed by atoms with Crippen molar-refractivity contribution in [2.45, 2.75) is 38.4 Å². The molecule has 0 atom stereocenters. The van der Waals surface area contributed by atoms with Crippen molar-refractivity contribution >= 4 is 11.4 Å². The van der Waals surface area contributed by atoms with Crippen LogP contribution in [0.2, 0.25) is 0 Å². The third-order valence-electron chi connectivity index (χ3n) is 4.09. The number of non-ortho nitro benzene ring substituents is 1. The average Bonchev–Trinajstić information content (AvgIpc) is 3.18. The average molecular weight is 292 g/mol. The van der Waals surface area contributed by atoms with Gasteiger partial charge in [-0.2, -0.15) is 0 Å². The van der Waals surface area contributed by atoms with Gasteiger partial charge in [0.25, 0.3) is 5.69 Å². The molecule has 0 bridgehead atoms. The Morgan fingerprint density at radius 3 is 2.57 bits per heavy atom. The van der Waals surface area contributed by atoms with Crippen molar-refractivity contribution in [3.63, 3.8) is 0 Å². The second kappa shape index (κ2) is 4.87. The zero-order valence-corrected chi connectivity index (χ0v) is 12.3. The quantitative estimate of drug-likeness (QED) is 0.666. The Morgan fingerprint density at radius 1 is 1.38 bits per heavy atom. The summed E-state index contributed by atoms with van der Waals surface area (Å²) in [6, 6.07) is 4.79. The molecule has 0 amide bonds. The maximum Gasteiger partial charge on any atom is 0.275 e. The van der Waals surface area contributed by atoms with Gasteiger partial charge in [-0.1, -0.05) is 0 Å². The van der Waals surface area contributed by atoms with Crippen LogP contribution in [-0.2, 0) is 0 Å². The van der Waals surface area contributed by atoms with Crippen LogP contribution in [0.25, 0.3) is 0 Å². The number of hydrogen-bond acceptors (Lipinski definition) is 5. The highest BCUT2D eigenvalue weighted by Gasteiger charge is 2.52. The lowest BCUT2D eigenvalue weighted by molar-refractivity contribution is -0.384. The van der Waals surface area contributed by atoms with Gasteiger partial charge in [0.2, 0.25) is 0 Å². The summed E-state index contributed by atoms with van der Waals surface area (Å²) in [6.45, 7) is 4.85. The van der Waals surface area contributed by atoms with Gasteiger partial charge in [0.1, 0.15) is 11.4 Å². The summed E-state index contributed by atoms with van der Waals surface area (Å²) in [4.78, 5) is 12.6. The van der Waals surface area contributed by atoms with Crippen molar-refractivity contribution in [1.29, 1.82) is 0 Å². The maximum atomic E-state index is 11.0. The van der Waals surface area contributed by atoms with E-state index in [0.717, 1.165) is 18.5 Å². The molecule has 2 fully saturated rings. The third-order valence-corrected chi connectivity index (χ3v) is 4.09. The molecule has 1 N–H and O–H groups in total. The van der Waals surface area contributed by atoms with Crippen LogP contribution in [0.5, 0.6) is 5.75 Å². The first-order valence-electron chi connectivity index (χ1n) is 7.31. The minimum Gasteiger partial charge on any atom is -0.491 e. The van der Waals surface area contributed by atoms with E-state index in [0.29, 0.717) is 24.8 Å². The molecule has 0 spiro atoms. The summed E-state index contributed by atoms with van der Waals surface area (Å²) in [7, 11) is 0. The number of nitro groups is 1. The first-order chi connectivity index (χ1) is 9.87. The minimum atomic E-state index is -0.607. The van der Waals surface area contributed by atoms with Gasteiger partial charge in [-0.15, -0.1) is 0 Å². The molecule has 21 heavy (non-hydrogen) atoms. The first-order valence-corrected chi connectivity index (χ1v) is 7.31. The van der Waals surface area contributed by atoms with E-state index in [1.165, 1.54) is 6.07 Å². The number of hydrogen-bond donors (Lipinski definition) is 1. The van der Waals surface area contributed by atoms with Crippen molar-refractivity contribution < 1.29 is 14.8 Å². The molecule has 1 aliphatic carbocycles. The predicted molar refractivity (Wildman–Crippen MR) is 78.7 cm³/mol. The summed E-state index contributed by atoms with van der Waals surface area (Å²) < 4.78 is 5.58. The largest absolute Gasteiger partial charge is 0.491 e. The molecule has 1 heterocycles. The number of benzene rings is 1. The monoisotopic (exact) mass is 292 g/mol. The molecule has 0 radical (unpaired) electrons. The number of ether oxygens (including phenoxy) is 1. The molecular formula is C15H20N2O4. The normalized spacial score (nSPS) is 20.3. The Morgan fingerprint density at radius 2 is 2.05 bits per heavy atom. The standard InChI is InChI=1S/C15H20N2O4/c1-10(2)21-14-6-12(5-13(7-14)17(19)20)16-8-15(18,9-16)11-3-4-11/h5-7,10-11,18H,3-4,8-9H2,1-2H3. The molecule has 1 aliphatic heterocycles. The van der Waals surface area contributed by atoms with Gasteiger partial charge in [-0.3, -0.25) is 10.1 Å². The predicted octanol–water partition coefficient (Wildman–Crippen LogP) is 2.34. The van der Waals surface area contributed by atoms with Gasteiger partial charge in [-0.05, 0) is 32.6 Å². The molecule has 2 aliphatic rings. The summed E-state index contributed by atoms with van der Waals surface area (Å²) in [5, 5.41) is 21.4. The number of anilines is 1. The van der Waals surface area contributed by atoms with Crippen molar-refractivity contribution in [3.8, 4) is 5.75 Å². The number of rotatable bonds is 5. The molecule has 1 saturated carbocycles. The van der Waals surface area contributed by atoms with Crippen LogP contribution in [-0.4, -0.2) is 34.8 Å². The fourth-order valence-electron chi connectivity index (χ4n) is 2.87. The van der Waals surface area contributed by atoms with E-state index in [9.17, 15) is 15.2 Å². The molecule has 3 rings (SSSR count). The van der Waals surface area contributed by atoms with Crippen molar-refractivity contribution in [3.05, 3.63) is 28.3 Å². The lowest BCUT2D eigenvalue weighted by Gasteiger charge is -2.48. The molecule has 6 heteroatoms. The number of nitrogens with zero attached hydrogens (tertiary/aromatic N) is 2. The zero-order chi connectivity index (χ0) is 15.2. The third kappa shape index (κ3) is 2.81. The second-order valence-corrected chi connectivity index (χ2v) is 6.34. The van der Waals surface area contributed by atoms with Crippen LogP contribution in [0, 0.1) is 16.0 Å². The van der Waals surface area contributed by atoms with E-state index in [-0.39, 0.29) is 11.8 Å². The minimum absolute atomic E-state index is 0.0185. The van der Waals surface area contributed by atoms with Crippen LogP contribution in [0.15, 0.2) is 18.2 Å². The Bertz CT molecular complexity index is 563. The molecular weight excluding hydrogens is 272 g/mol. The van der Waals surface area contributed by atoms with Crippen molar-refractivity contribution in [1.82, 2.24) is 0 Å². The lowest BCUT2D eigenvalue weighted by atomic mass is 9.88. The fraction of sp³-hybridized carbons (Fsp3) is 0.600. The molecule has 1 aromatic carbocycles. The van der Waals surface area contributed by atoms with Crippen LogP contribution in [0.4, 0.5) is 11.4 Å². The van der Waals surface area contributed by atoms with Gasteiger partial charge < -0.3 is 14.7 Å². The summed E-state index contributed by atoms with van der Waals surface area (Å²) in [6.07, 6.45) is 2.13. The van der Waals surface area contributed by atoms with E-state index >= 15 is 0 Å². The highest BCUT2D eigenvalue weighted by atomic mass is 16.6. The molecule has 1 saturated heterocycles. The van der Waals surface area contributed by atoms with Crippen LogP contribution < -0.4 is 9.64 Å². The van der Waals surface area contributed by atoms with E-state index in [1.54, 1.807) is 12.1 Å². The molecule has 6 nitrogen and oxygen atoms in total. The number of β-amino-alcohol motifs (C(OH)–C–C–N with tert-alkyl or cyclic N) is 1. The van der Waals surface area contributed by atoms with Crippen molar-refractivity contribution in [2.75, 3.05) is 18.0 Å². The smallest absolute Gasteiger partial charge is 0.275 e. The topological polar surface area (TPSA) is 75.8 Å². The second-order valence-electron chi connectivity index (χ2n) is 6.34. The van der Waals surface area contributed by atoms with Gasteiger partial charge in [-0.25, -0.2) is 0 Å². The van der Waals surface area contributed by atoms with E-state index in [2.05, 4.69) is 0 Å². The fourth-order valence-corrected chi connectivity index (χ4v) is 2.87. The lowest BCUT2D eigenvalue weighted by Crippen LogP contribution is -2.63. The maximum absolute atomic E-state index is 11.0. The van der Waals surface area contributed by atoms with Gasteiger partial charge in [0, 0.05) is 30.9 Å². The van der Waals surface area contributed by atoms with Gasteiger partial charge in [0.05, 0.1) is 17.1 Å². The van der Waals surface area contributed by atoms with Crippen LogP contribution in [0.3, 0.4) is 0 Å². The Hall–Kier alpha value is -1.82. The zero-order valence-electron chi connectivity index (χ0n) is 12.3. The Labute approximate surface area is 123 Å². The van der Waals surface area contributed by atoms with E-state index in [4.69, 9.17) is 4.74 Å². The van der Waals surface area contributed by atoms with E-state index < -0.39 is 10.5 Å². The summed E-state index contributed by atoms with van der Waals surface area (Å²) >= 11 is 0. The SMILES string of the molecule is CC(C)Oc1cc(N2CC(O)(C3CC3)C2)cc([N+](=O)[O-])c1. The Balaban J connectivity index is 1.81. The number of aliphatic hydroxyl groups is 1. The number of nitro benzene ring substituents is 1. The highest BCUT2D eigenvalue weighted by Crippen LogP contribution is 2.46. The molecule has 1 aromatic rings. The first kappa shape index (κ1) is 14.1. The van der Waals surface area contributed by atoms with Crippen LogP contribution in [0.1, 0.15) is 26.7 Å². The highest BCUT2D eigenvalue weighted by molar-refractivity contribution is 5.60. The van der Waals surface area contributed by atoms with Crippen molar-refractivity contribution in [2.24, 2.45) is 5.92 Å². The van der Waals surface area contributed by atoms with E-state index in [1.807, 2.05) is 18.7 Å². The summed E-state index contributed by atoms with van der Waals surface area (Å²) in [5.41, 5.74) is 0.152. The Kier molecular flexibility index (Phi) is 3.28. The van der Waals surface area contributed by atoms with Crippen LogP contribution >= 0.6 is 0 Å². The van der Waals surface area contributed by atoms with Gasteiger partial charge in [0.15, 0.2) is 0 Å². The molecule has 0 aromatic heterocycles. The molecule has 0 unspecified atom stereocenters. The van der Waals surface area contributed by atoms with Gasteiger partial charge >= 0.3 is 0 Å².